The first-order chi connectivity index (χ1) is 25.7. The summed E-state index contributed by atoms with van der Waals surface area (Å²) in [5.74, 6) is -0.550. The van der Waals surface area contributed by atoms with Crippen LogP contribution in [0, 0.1) is 0 Å². The second-order valence-electron chi connectivity index (χ2n) is 13.2. The Labute approximate surface area is 314 Å². The van der Waals surface area contributed by atoms with Gasteiger partial charge in [-0.1, -0.05) is 122 Å². The number of Topliss-reactive ketones (excluding diaryl/α,β-unsaturated/α-hetero) is 1. The molecule has 4 aromatic carbocycles. The van der Waals surface area contributed by atoms with E-state index in [1.807, 2.05) is 84.9 Å². The second-order valence-corrected chi connectivity index (χ2v) is 16.6. The van der Waals surface area contributed by atoms with Crippen LogP contribution in [0.5, 0.6) is 5.75 Å². The summed E-state index contributed by atoms with van der Waals surface area (Å²) >= 11 is 0. The number of methoxy groups -OCH3 is 2. The topological polar surface area (TPSA) is 81.7 Å². The zero-order valence-electron chi connectivity index (χ0n) is 31.1. The van der Waals surface area contributed by atoms with Crippen LogP contribution in [0.25, 0.3) is 0 Å². The molecule has 1 heterocycles. The molecular weight excluding hydrogens is 685 g/mol. The van der Waals surface area contributed by atoms with Crippen molar-refractivity contribution in [2.45, 2.75) is 51.0 Å². The van der Waals surface area contributed by atoms with Crippen molar-refractivity contribution in [3.63, 3.8) is 0 Å². The van der Waals surface area contributed by atoms with E-state index in [0.717, 1.165) is 32.4 Å². The Morgan fingerprint density at radius 3 is 1.92 bits per heavy atom. The summed E-state index contributed by atoms with van der Waals surface area (Å²) in [7, 11) is 0.209. The molecule has 0 bridgehead atoms. The molecule has 1 aliphatic rings. The van der Waals surface area contributed by atoms with E-state index in [1.54, 1.807) is 27.0 Å². The fraction of sp³-hybridized carbons (Fsp3) is 0.295. The smallest absolute Gasteiger partial charge is 0.288 e. The van der Waals surface area contributed by atoms with Gasteiger partial charge in [-0.05, 0) is 70.7 Å². The summed E-state index contributed by atoms with van der Waals surface area (Å²) in [6.07, 6.45) is 1.34. The van der Waals surface area contributed by atoms with Crippen molar-refractivity contribution in [3.8, 4) is 5.75 Å². The highest BCUT2D eigenvalue weighted by molar-refractivity contribution is 7.07. The molecule has 3 atom stereocenters. The normalized spacial score (nSPS) is 17.6. The number of ether oxygens (including phenoxy) is 6. The molecule has 4 aromatic rings. The van der Waals surface area contributed by atoms with E-state index in [4.69, 9.17) is 32.8 Å². The van der Waals surface area contributed by atoms with E-state index in [-0.39, 0.29) is 25.8 Å². The Kier molecular flexibility index (Phi) is 14.3. The van der Waals surface area contributed by atoms with E-state index in [0.29, 0.717) is 18.6 Å². The van der Waals surface area contributed by atoms with Gasteiger partial charge in [-0.25, -0.2) is 0 Å². The molecule has 1 saturated heterocycles. The Bertz CT molecular complexity index is 1700. The molecule has 0 aliphatic carbocycles. The number of hydrogen-bond donors (Lipinski definition) is 0. The maximum Gasteiger partial charge on any atom is 0.288 e. The average Bonchev–Trinajstić information content (AvgIpc) is 3.53. The molecule has 53 heavy (non-hydrogen) atoms. The standard InChI is InChI=1S/C44H50O8Si/c1-7-34(30-48-31-35-23-25-36(47-6)26-24-35)29-40(49-32-46-5)42-43(52-44(3,4)51-42)41(45)33(2)27-28-50-53(37-17-11-8-12-18-37,38-19-13-9-14-20-38)39-21-15-10-16-22-39/h7-26,29,40,42-43H,1-2,27-28,30-32H2,3-6H3/b34-29-/t40-,42-,43-/m0/s1. The molecule has 1 fully saturated rings. The molecule has 0 N–H and O–H groups in total. The van der Waals surface area contributed by atoms with Crippen molar-refractivity contribution in [1.29, 1.82) is 0 Å². The molecule has 8 nitrogen and oxygen atoms in total. The molecule has 0 saturated carbocycles. The van der Waals surface area contributed by atoms with E-state index in [1.165, 1.54) is 7.11 Å². The zero-order chi connectivity index (χ0) is 37.7. The molecule has 0 aromatic heterocycles. The van der Waals surface area contributed by atoms with Crippen molar-refractivity contribution < 1.29 is 37.6 Å². The quantitative estimate of drug-likeness (QED) is 0.0358. The van der Waals surface area contributed by atoms with Crippen LogP contribution in [0.1, 0.15) is 25.8 Å². The van der Waals surface area contributed by atoms with Gasteiger partial charge in [0.15, 0.2) is 17.7 Å². The lowest BCUT2D eigenvalue weighted by Crippen LogP contribution is -2.69. The summed E-state index contributed by atoms with van der Waals surface area (Å²) in [6.45, 7) is 12.7. The van der Waals surface area contributed by atoms with Crippen molar-refractivity contribution in [2.24, 2.45) is 0 Å². The van der Waals surface area contributed by atoms with Gasteiger partial charge in [0.25, 0.3) is 8.32 Å². The first-order valence-electron chi connectivity index (χ1n) is 17.7. The lowest BCUT2D eigenvalue weighted by atomic mass is 9.97. The lowest BCUT2D eigenvalue weighted by molar-refractivity contribution is -0.164. The third-order valence-electron chi connectivity index (χ3n) is 9.04. The van der Waals surface area contributed by atoms with E-state index >= 15 is 0 Å². The van der Waals surface area contributed by atoms with Crippen LogP contribution in [-0.2, 0) is 39.5 Å². The van der Waals surface area contributed by atoms with Gasteiger partial charge in [-0.15, -0.1) is 0 Å². The minimum atomic E-state index is -2.96. The maximum atomic E-state index is 14.2. The van der Waals surface area contributed by atoms with Gasteiger partial charge in [0, 0.05) is 13.7 Å². The van der Waals surface area contributed by atoms with Crippen LogP contribution in [-0.4, -0.2) is 72.4 Å². The second kappa shape index (κ2) is 19.0. The molecule has 0 unspecified atom stereocenters. The van der Waals surface area contributed by atoms with Crippen LogP contribution in [0.2, 0.25) is 0 Å². The number of carbonyl (C=O) groups is 1. The molecule has 1 aliphatic heterocycles. The highest BCUT2D eigenvalue weighted by Crippen LogP contribution is 2.34. The molecule has 278 valence electrons. The molecule has 0 spiro atoms. The van der Waals surface area contributed by atoms with Gasteiger partial charge in [-0.2, -0.15) is 0 Å². The Morgan fingerprint density at radius 2 is 1.42 bits per heavy atom. The third kappa shape index (κ3) is 10.2. The first kappa shape index (κ1) is 39.7. The summed E-state index contributed by atoms with van der Waals surface area (Å²) in [5, 5.41) is 3.33. The fourth-order valence-electron chi connectivity index (χ4n) is 6.43. The predicted molar refractivity (Wildman–Crippen MR) is 210 cm³/mol. The van der Waals surface area contributed by atoms with Crippen LogP contribution in [0.15, 0.2) is 152 Å². The number of rotatable bonds is 20. The Morgan fingerprint density at radius 1 is 0.849 bits per heavy atom. The zero-order valence-corrected chi connectivity index (χ0v) is 32.1. The Balaban J connectivity index is 1.33. The van der Waals surface area contributed by atoms with Gasteiger partial charge in [0.05, 0.1) is 20.3 Å². The minimum absolute atomic E-state index is 0.0283. The highest BCUT2D eigenvalue weighted by atomic mass is 28.4. The summed E-state index contributed by atoms with van der Waals surface area (Å²) in [6, 6.07) is 38.7. The monoisotopic (exact) mass is 734 g/mol. The van der Waals surface area contributed by atoms with Crippen molar-refractivity contribution in [1.82, 2.24) is 0 Å². The summed E-state index contributed by atoms with van der Waals surface area (Å²) < 4.78 is 42.3. The van der Waals surface area contributed by atoms with Gasteiger partial charge in [0.2, 0.25) is 0 Å². The molecule has 5 rings (SSSR count). The van der Waals surface area contributed by atoms with Gasteiger partial charge in [0.1, 0.15) is 24.8 Å². The van der Waals surface area contributed by atoms with Crippen molar-refractivity contribution in [2.75, 3.05) is 34.2 Å². The van der Waals surface area contributed by atoms with Crippen LogP contribution in [0.4, 0.5) is 0 Å². The molecule has 9 heteroatoms. The Hall–Kier alpha value is -4.45. The fourth-order valence-corrected chi connectivity index (χ4v) is 10.3. The van der Waals surface area contributed by atoms with Crippen molar-refractivity contribution >= 4 is 29.7 Å². The minimum Gasteiger partial charge on any atom is -0.497 e. The number of ketones is 1. The van der Waals surface area contributed by atoms with E-state index < -0.39 is 32.4 Å². The van der Waals surface area contributed by atoms with E-state index in [9.17, 15) is 4.79 Å². The molecule has 0 radical (unpaired) electrons. The van der Waals surface area contributed by atoms with Gasteiger partial charge in [-0.3, -0.25) is 4.79 Å². The highest BCUT2D eigenvalue weighted by Gasteiger charge is 2.49. The van der Waals surface area contributed by atoms with Crippen LogP contribution >= 0.6 is 0 Å². The first-order valence-corrected chi connectivity index (χ1v) is 19.6. The molecule has 0 amide bonds. The predicted octanol–water partition coefficient (Wildman–Crippen LogP) is 6.03. The lowest BCUT2D eigenvalue weighted by Gasteiger charge is -2.33. The SMILES string of the molecule is C=C/C(=C/[C@H](OCOC)[C@@H]1OC(C)(C)O[C@H]1C(=O)C(=C)CCO[Si](c1ccccc1)(c1ccccc1)c1ccccc1)COCc1ccc(OC)cc1. The van der Waals surface area contributed by atoms with Gasteiger partial charge < -0.3 is 32.8 Å². The number of benzene rings is 4. The maximum absolute atomic E-state index is 14.2. The van der Waals surface area contributed by atoms with Gasteiger partial charge >= 0.3 is 0 Å². The summed E-state index contributed by atoms with van der Waals surface area (Å²) in [5.41, 5.74) is 2.13. The van der Waals surface area contributed by atoms with Crippen molar-refractivity contribution in [3.05, 3.63) is 157 Å². The average molecular weight is 735 g/mol. The largest absolute Gasteiger partial charge is 0.497 e. The summed E-state index contributed by atoms with van der Waals surface area (Å²) in [4.78, 5) is 14.2. The number of carbonyl (C=O) groups excluding carboxylic acids is 1. The van der Waals surface area contributed by atoms with Crippen LogP contribution < -0.4 is 20.3 Å². The third-order valence-corrected chi connectivity index (χ3v) is 13.1. The number of hydrogen-bond acceptors (Lipinski definition) is 8. The molecular formula is C44H50O8Si. The van der Waals surface area contributed by atoms with Crippen LogP contribution in [0.3, 0.4) is 0 Å². The van der Waals surface area contributed by atoms with E-state index in [2.05, 4.69) is 49.6 Å².